The van der Waals surface area contributed by atoms with E-state index in [1.165, 1.54) is 37.4 Å². The minimum absolute atomic E-state index is 0.0495. The fraction of sp³-hybridized carbons (Fsp3) is 0.312. The van der Waals surface area contributed by atoms with Gasteiger partial charge < -0.3 is 25.7 Å². The number of hydrogen-bond acceptors (Lipinski definition) is 9. The van der Waals surface area contributed by atoms with Gasteiger partial charge in [-0.2, -0.15) is 13.5 Å². The van der Waals surface area contributed by atoms with Gasteiger partial charge in [-0.25, -0.2) is 9.63 Å². The average Bonchev–Trinajstić information content (AvgIpc) is 2.93. The Morgan fingerprint density at radius 3 is 2.34 bits per heavy atom. The number of benzene rings is 1. The van der Waals surface area contributed by atoms with Crippen LogP contribution in [0, 0.1) is 0 Å². The van der Waals surface area contributed by atoms with E-state index in [4.69, 9.17) is 5.11 Å². The van der Waals surface area contributed by atoms with Gasteiger partial charge in [0.2, 0.25) is 0 Å². The number of urea groups is 1. The predicted molar refractivity (Wildman–Crippen MR) is 99.6 cm³/mol. The molecule has 0 radical (unpaired) electrons. The van der Waals surface area contributed by atoms with Crippen molar-refractivity contribution in [1.82, 2.24) is 15.0 Å². The molecule has 1 heterocycles. The molecule has 13 heteroatoms. The van der Waals surface area contributed by atoms with Crippen LogP contribution in [0.2, 0.25) is 0 Å². The maximum Gasteiger partial charge on any atom is 0.328 e. The largest absolute Gasteiger partial charge is 0.394 e. The lowest BCUT2D eigenvalue weighted by Crippen LogP contribution is -2.40. The van der Waals surface area contributed by atoms with Crippen molar-refractivity contribution in [1.29, 1.82) is 0 Å². The molecule has 2 rings (SSSR count). The molecule has 1 aromatic rings. The molecular weight excluding hydrogens is 408 g/mol. The van der Waals surface area contributed by atoms with Crippen molar-refractivity contribution >= 4 is 34.3 Å². The summed E-state index contributed by atoms with van der Waals surface area (Å²) in [5.41, 5.74) is 0.511. The predicted octanol–water partition coefficient (Wildman–Crippen LogP) is -2.45. The molecule has 29 heavy (non-hydrogen) atoms. The average molecular weight is 428 g/mol. The maximum absolute atomic E-state index is 12.2. The molecule has 1 aliphatic heterocycles. The Balaban J connectivity index is 2.06. The summed E-state index contributed by atoms with van der Waals surface area (Å²) in [6.45, 7) is -0.800. The third-order valence-corrected chi connectivity index (χ3v) is 5.15. The Labute approximate surface area is 165 Å². The van der Waals surface area contributed by atoms with Gasteiger partial charge in [0.15, 0.2) is 0 Å². The summed E-state index contributed by atoms with van der Waals surface area (Å²) in [5.74, 6) is -0.519. The number of hydrazone groups is 1. The Bertz CT molecular complexity index is 929. The molecule has 0 aromatic heterocycles. The van der Waals surface area contributed by atoms with Crippen LogP contribution < -0.4 is 10.1 Å². The second kappa shape index (κ2) is 9.11. The molecule has 3 amide bonds. The second-order valence-electron chi connectivity index (χ2n) is 6.03. The van der Waals surface area contributed by atoms with Crippen molar-refractivity contribution in [3.8, 4) is 0 Å². The number of likely N-dealkylation sites (N-methyl/N-ethyl adjacent to an activating group) is 1. The van der Waals surface area contributed by atoms with Crippen molar-refractivity contribution in [2.24, 2.45) is 5.10 Å². The number of hydrogen-bond donors (Lipinski definition) is 6. The molecule has 0 saturated carbocycles. The van der Waals surface area contributed by atoms with Crippen LogP contribution in [0.25, 0.3) is 6.08 Å². The Morgan fingerprint density at radius 2 is 1.83 bits per heavy atom. The first-order valence-corrected chi connectivity index (χ1v) is 9.66. The van der Waals surface area contributed by atoms with E-state index >= 15 is 0 Å². The van der Waals surface area contributed by atoms with E-state index in [2.05, 4.69) is 10.4 Å². The van der Waals surface area contributed by atoms with Gasteiger partial charge in [0.05, 0.1) is 17.7 Å². The number of nitrogens with zero attached hydrogens (tertiary/aromatic N) is 2. The first-order chi connectivity index (χ1) is 13.6. The van der Waals surface area contributed by atoms with E-state index in [1.54, 1.807) is 0 Å². The molecule has 3 unspecified atom stereocenters. The molecule has 1 aromatic carbocycles. The lowest BCUT2D eigenvalue weighted by atomic mass is 10.1. The minimum atomic E-state index is -4.10. The molecule has 0 bridgehead atoms. The third-order valence-electron chi connectivity index (χ3n) is 3.91. The normalized spacial score (nSPS) is 19.5. The van der Waals surface area contributed by atoms with Gasteiger partial charge >= 0.3 is 6.03 Å². The molecule has 12 nitrogen and oxygen atoms in total. The van der Waals surface area contributed by atoms with Gasteiger partial charge in [0, 0.05) is 7.05 Å². The number of aliphatic hydroxyl groups excluding tert-OH is 4. The SMILES string of the molecule is CN1C(=O)N/C(=C\c2ccc(S(=O)(=O)N/N=C\C(O)C(O)C(O)CO)cc2)C1=O. The van der Waals surface area contributed by atoms with Gasteiger partial charge in [-0.05, 0) is 23.8 Å². The number of carbonyl (C=O) groups excluding carboxylic acids is 2. The summed E-state index contributed by atoms with van der Waals surface area (Å²) in [6, 6.07) is 4.70. The summed E-state index contributed by atoms with van der Waals surface area (Å²) in [7, 11) is -2.78. The highest BCUT2D eigenvalue weighted by Gasteiger charge is 2.30. The third kappa shape index (κ3) is 5.36. The van der Waals surface area contributed by atoms with Crippen molar-refractivity contribution in [2.45, 2.75) is 23.2 Å². The second-order valence-corrected chi connectivity index (χ2v) is 7.69. The van der Waals surface area contributed by atoms with Crippen LogP contribution in [0.3, 0.4) is 0 Å². The smallest absolute Gasteiger partial charge is 0.328 e. The van der Waals surface area contributed by atoms with Crippen LogP contribution in [0.15, 0.2) is 40.0 Å². The van der Waals surface area contributed by atoms with Crippen LogP contribution in [0.4, 0.5) is 4.79 Å². The van der Waals surface area contributed by atoms with Crippen molar-refractivity contribution in [2.75, 3.05) is 13.7 Å². The number of rotatable bonds is 8. The molecule has 1 fully saturated rings. The standard InChI is InChI=1S/C16H20N4O8S/c1-20-15(25)11(18-16(20)26)6-9-2-4-10(5-3-9)29(27,28)19-17-7-12(22)14(24)13(23)8-21/h2-7,12-14,19,21-24H,8H2,1H3,(H,18,26)/b11-6-,17-7-. The van der Waals surface area contributed by atoms with Crippen molar-refractivity contribution in [3.63, 3.8) is 0 Å². The Kier molecular flexibility index (Phi) is 7.05. The summed E-state index contributed by atoms with van der Waals surface area (Å²) >= 11 is 0. The van der Waals surface area contributed by atoms with E-state index in [9.17, 15) is 33.3 Å². The van der Waals surface area contributed by atoms with Gasteiger partial charge in [0.25, 0.3) is 15.9 Å². The highest BCUT2D eigenvalue weighted by Crippen LogP contribution is 2.15. The number of carbonyl (C=O) groups is 2. The van der Waals surface area contributed by atoms with Crippen LogP contribution in [-0.4, -0.2) is 83.9 Å². The zero-order valence-electron chi connectivity index (χ0n) is 15.1. The molecule has 6 N–H and O–H groups in total. The number of nitrogens with one attached hydrogen (secondary N) is 2. The fourth-order valence-electron chi connectivity index (χ4n) is 2.19. The first kappa shape index (κ1) is 22.4. The van der Waals surface area contributed by atoms with E-state index in [0.29, 0.717) is 11.8 Å². The number of sulfonamides is 1. The fourth-order valence-corrected chi connectivity index (χ4v) is 2.99. The quantitative estimate of drug-likeness (QED) is 0.114. The van der Waals surface area contributed by atoms with Crippen molar-refractivity contribution in [3.05, 3.63) is 35.5 Å². The summed E-state index contributed by atoms with van der Waals surface area (Å²) in [6.07, 6.45) is -3.05. The molecular formula is C16H20N4O8S. The first-order valence-electron chi connectivity index (χ1n) is 8.17. The zero-order chi connectivity index (χ0) is 21.8. The van der Waals surface area contributed by atoms with Gasteiger partial charge in [-0.1, -0.05) is 12.1 Å². The number of aliphatic hydroxyl groups is 4. The Morgan fingerprint density at radius 1 is 1.21 bits per heavy atom. The van der Waals surface area contributed by atoms with E-state index in [-0.39, 0.29) is 10.6 Å². The summed E-state index contributed by atoms with van der Waals surface area (Å²) in [5, 5.41) is 42.6. The molecule has 1 aliphatic rings. The highest BCUT2D eigenvalue weighted by atomic mass is 32.2. The topological polar surface area (TPSA) is 189 Å². The lowest BCUT2D eigenvalue weighted by molar-refractivity contribution is -0.121. The number of amides is 3. The van der Waals surface area contributed by atoms with Crippen LogP contribution in [-0.2, 0) is 14.8 Å². The zero-order valence-corrected chi connectivity index (χ0v) is 15.9. The van der Waals surface area contributed by atoms with Crippen LogP contribution >= 0.6 is 0 Å². The van der Waals surface area contributed by atoms with E-state index in [1.807, 2.05) is 4.83 Å². The highest BCUT2D eigenvalue weighted by molar-refractivity contribution is 7.89. The Hall–Kier alpha value is -2.84. The van der Waals surface area contributed by atoms with Crippen molar-refractivity contribution < 1.29 is 38.4 Å². The molecule has 3 atom stereocenters. The summed E-state index contributed by atoms with van der Waals surface area (Å²) in [4.78, 5) is 25.8. The molecule has 158 valence electrons. The minimum Gasteiger partial charge on any atom is -0.394 e. The summed E-state index contributed by atoms with van der Waals surface area (Å²) < 4.78 is 24.4. The molecule has 0 spiro atoms. The lowest BCUT2D eigenvalue weighted by Gasteiger charge is -2.18. The van der Waals surface area contributed by atoms with Gasteiger partial charge in [0.1, 0.15) is 24.0 Å². The maximum atomic E-state index is 12.2. The molecule has 0 aliphatic carbocycles. The van der Waals surface area contributed by atoms with Gasteiger partial charge in [-0.3, -0.25) is 9.69 Å². The molecule has 1 saturated heterocycles. The van der Waals surface area contributed by atoms with E-state index < -0.39 is 46.9 Å². The number of imide groups is 1. The monoisotopic (exact) mass is 428 g/mol. The van der Waals surface area contributed by atoms with Crippen LogP contribution in [0.1, 0.15) is 5.56 Å². The van der Waals surface area contributed by atoms with Gasteiger partial charge in [-0.15, -0.1) is 0 Å². The van der Waals surface area contributed by atoms with Crippen LogP contribution in [0.5, 0.6) is 0 Å². The van der Waals surface area contributed by atoms with E-state index in [0.717, 1.165) is 4.90 Å².